The molecule has 0 saturated heterocycles. The second-order valence-corrected chi connectivity index (χ2v) is 5.05. The number of phenolic OH excluding ortho intramolecular Hbond substituents is 2. The Hall–Kier alpha value is -2.56. The minimum absolute atomic E-state index is 0.0235. The van der Waals surface area contributed by atoms with E-state index in [-0.39, 0.29) is 28.7 Å². The lowest BCUT2D eigenvalue weighted by molar-refractivity contribution is 0.102. The summed E-state index contributed by atoms with van der Waals surface area (Å²) in [4.78, 5) is 12.0. The Morgan fingerprint density at radius 3 is 2.48 bits per heavy atom. The number of anilines is 1. The van der Waals surface area contributed by atoms with Gasteiger partial charge in [0.05, 0.1) is 5.69 Å². The monoisotopic (exact) mass is 289 g/mol. The maximum absolute atomic E-state index is 13.1. The van der Waals surface area contributed by atoms with Crippen molar-refractivity contribution in [3.63, 3.8) is 0 Å². The summed E-state index contributed by atoms with van der Waals surface area (Å²) in [7, 11) is 0. The van der Waals surface area contributed by atoms with Crippen LogP contribution in [0.5, 0.6) is 11.5 Å². The highest BCUT2D eigenvalue weighted by molar-refractivity contribution is 6.05. The molecule has 0 unspecified atom stereocenters. The third-order valence-corrected chi connectivity index (χ3v) is 3.10. The van der Waals surface area contributed by atoms with E-state index in [1.807, 2.05) is 13.8 Å². The molecule has 0 aromatic heterocycles. The lowest BCUT2D eigenvalue weighted by atomic mass is 10.0. The fraction of sp³-hybridized carbons (Fsp3) is 0.188. The quantitative estimate of drug-likeness (QED) is 0.597. The van der Waals surface area contributed by atoms with Crippen molar-refractivity contribution in [2.45, 2.75) is 19.8 Å². The zero-order chi connectivity index (χ0) is 15.6. The molecule has 2 rings (SSSR count). The average molecular weight is 289 g/mol. The van der Waals surface area contributed by atoms with E-state index in [4.69, 9.17) is 0 Å². The Labute approximate surface area is 121 Å². The highest BCUT2D eigenvalue weighted by Gasteiger charge is 2.14. The van der Waals surface area contributed by atoms with Gasteiger partial charge in [0.15, 0.2) is 0 Å². The lowest BCUT2D eigenvalue weighted by Crippen LogP contribution is -2.12. The van der Waals surface area contributed by atoms with Crippen LogP contribution >= 0.6 is 0 Å². The third kappa shape index (κ3) is 3.31. The van der Waals surface area contributed by atoms with Crippen molar-refractivity contribution in [3.8, 4) is 11.5 Å². The van der Waals surface area contributed by atoms with Crippen LogP contribution in [0.15, 0.2) is 36.4 Å². The van der Waals surface area contributed by atoms with Crippen LogP contribution in [0.3, 0.4) is 0 Å². The Morgan fingerprint density at radius 2 is 1.86 bits per heavy atom. The van der Waals surface area contributed by atoms with Crippen LogP contribution < -0.4 is 5.32 Å². The summed E-state index contributed by atoms with van der Waals surface area (Å²) in [5.41, 5.74) is 0.918. The van der Waals surface area contributed by atoms with Gasteiger partial charge in [0.1, 0.15) is 17.3 Å². The summed E-state index contributed by atoms with van der Waals surface area (Å²) in [6.45, 7) is 3.76. The van der Waals surface area contributed by atoms with Gasteiger partial charge in [-0.25, -0.2) is 4.39 Å². The van der Waals surface area contributed by atoms with Crippen LogP contribution in [0.25, 0.3) is 0 Å². The minimum atomic E-state index is -0.537. The Balaban J connectivity index is 2.31. The molecule has 0 aliphatic rings. The fourth-order valence-corrected chi connectivity index (χ4v) is 1.98. The molecule has 1 amide bonds. The smallest absolute Gasteiger partial charge is 0.255 e. The second-order valence-electron chi connectivity index (χ2n) is 5.05. The summed E-state index contributed by atoms with van der Waals surface area (Å²) in [5, 5.41) is 22.1. The molecule has 0 saturated carbocycles. The fourth-order valence-electron chi connectivity index (χ4n) is 1.98. The van der Waals surface area contributed by atoms with Gasteiger partial charge in [0, 0.05) is 11.6 Å². The molecule has 110 valence electrons. The predicted molar refractivity (Wildman–Crippen MR) is 78.2 cm³/mol. The van der Waals surface area contributed by atoms with E-state index in [0.29, 0.717) is 5.56 Å². The number of nitrogens with one attached hydrogen (secondary N) is 1. The maximum Gasteiger partial charge on any atom is 0.255 e. The molecule has 0 bridgehead atoms. The molecule has 0 heterocycles. The van der Waals surface area contributed by atoms with Crippen LogP contribution in [0.1, 0.15) is 35.7 Å². The average Bonchev–Trinajstić information content (AvgIpc) is 2.41. The van der Waals surface area contributed by atoms with E-state index in [2.05, 4.69) is 5.32 Å². The second kappa shape index (κ2) is 5.83. The molecule has 2 aromatic rings. The van der Waals surface area contributed by atoms with Gasteiger partial charge in [0.2, 0.25) is 0 Å². The molecule has 0 radical (unpaired) electrons. The van der Waals surface area contributed by atoms with Crippen molar-refractivity contribution in [2.24, 2.45) is 0 Å². The van der Waals surface area contributed by atoms with E-state index in [9.17, 15) is 19.4 Å². The number of amides is 1. The number of phenols is 2. The number of carbonyl (C=O) groups excluding carboxylic acids is 1. The van der Waals surface area contributed by atoms with E-state index in [1.54, 1.807) is 0 Å². The topological polar surface area (TPSA) is 69.6 Å². The van der Waals surface area contributed by atoms with Gasteiger partial charge in [-0.05, 0) is 35.7 Å². The molecule has 0 aliphatic heterocycles. The number of halogens is 1. The van der Waals surface area contributed by atoms with Gasteiger partial charge in [-0.3, -0.25) is 4.79 Å². The van der Waals surface area contributed by atoms with Crippen LogP contribution in [-0.4, -0.2) is 16.1 Å². The van der Waals surface area contributed by atoms with Crippen molar-refractivity contribution >= 4 is 11.6 Å². The standard InChI is InChI=1S/C16H16FNO3/c1-9(2)12-7-13(15(20)8-14(12)19)18-16(21)10-4-3-5-11(17)6-10/h3-9,19-20H,1-2H3,(H,18,21). The van der Waals surface area contributed by atoms with Crippen LogP contribution in [0.4, 0.5) is 10.1 Å². The van der Waals surface area contributed by atoms with Gasteiger partial charge in [-0.2, -0.15) is 0 Å². The van der Waals surface area contributed by atoms with E-state index in [0.717, 1.165) is 6.07 Å². The number of carbonyl (C=O) groups is 1. The molecule has 2 aromatic carbocycles. The Morgan fingerprint density at radius 1 is 1.14 bits per heavy atom. The summed E-state index contributed by atoms with van der Waals surface area (Å²) < 4.78 is 13.1. The normalized spacial score (nSPS) is 10.7. The molecular formula is C16H16FNO3. The number of hydrogen-bond donors (Lipinski definition) is 3. The third-order valence-electron chi connectivity index (χ3n) is 3.10. The van der Waals surface area contributed by atoms with Crippen molar-refractivity contribution in [3.05, 3.63) is 53.3 Å². The van der Waals surface area contributed by atoms with Gasteiger partial charge in [-0.1, -0.05) is 19.9 Å². The maximum atomic E-state index is 13.1. The van der Waals surface area contributed by atoms with Gasteiger partial charge in [-0.15, -0.1) is 0 Å². The van der Waals surface area contributed by atoms with Crippen molar-refractivity contribution in [2.75, 3.05) is 5.32 Å². The Bertz CT molecular complexity index is 683. The van der Waals surface area contributed by atoms with Crippen molar-refractivity contribution < 1.29 is 19.4 Å². The first-order valence-electron chi connectivity index (χ1n) is 6.51. The van der Waals surface area contributed by atoms with E-state index in [1.165, 1.54) is 30.3 Å². The van der Waals surface area contributed by atoms with E-state index < -0.39 is 11.7 Å². The highest BCUT2D eigenvalue weighted by Crippen LogP contribution is 2.35. The number of hydrogen-bond acceptors (Lipinski definition) is 3. The first-order valence-corrected chi connectivity index (χ1v) is 6.51. The zero-order valence-corrected chi connectivity index (χ0v) is 11.7. The lowest BCUT2D eigenvalue weighted by Gasteiger charge is -2.13. The molecule has 0 fully saturated rings. The highest BCUT2D eigenvalue weighted by atomic mass is 19.1. The summed E-state index contributed by atoms with van der Waals surface area (Å²) in [6.07, 6.45) is 0. The van der Waals surface area contributed by atoms with Crippen molar-refractivity contribution in [1.82, 2.24) is 0 Å². The summed E-state index contributed by atoms with van der Waals surface area (Å²) in [6, 6.07) is 7.94. The number of benzene rings is 2. The van der Waals surface area contributed by atoms with Crippen LogP contribution in [-0.2, 0) is 0 Å². The molecule has 0 atom stereocenters. The largest absolute Gasteiger partial charge is 0.508 e. The number of rotatable bonds is 3. The minimum Gasteiger partial charge on any atom is -0.508 e. The molecule has 3 N–H and O–H groups in total. The molecule has 4 nitrogen and oxygen atoms in total. The molecule has 21 heavy (non-hydrogen) atoms. The van der Waals surface area contributed by atoms with Crippen LogP contribution in [0.2, 0.25) is 0 Å². The predicted octanol–water partition coefficient (Wildman–Crippen LogP) is 3.61. The van der Waals surface area contributed by atoms with Gasteiger partial charge in [0.25, 0.3) is 5.91 Å². The van der Waals surface area contributed by atoms with Gasteiger partial charge < -0.3 is 15.5 Å². The summed E-state index contributed by atoms with van der Waals surface area (Å²) in [5.74, 6) is -1.31. The Kier molecular flexibility index (Phi) is 4.12. The molecular weight excluding hydrogens is 273 g/mol. The van der Waals surface area contributed by atoms with Crippen LogP contribution in [0, 0.1) is 5.82 Å². The SMILES string of the molecule is CC(C)c1cc(NC(=O)c2cccc(F)c2)c(O)cc1O. The first kappa shape index (κ1) is 14.8. The molecule has 0 spiro atoms. The zero-order valence-electron chi connectivity index (χ0n) is 11.7. The van der Waals surface area contributed by atoms with E-state index >= 15 is 0 Å². The first-order chi connectivity index (χ1) is 9.88. The van der Waals surface area contributed by atoms with Gasteiger partial charge >= 0.3 is 0 Å². The summed E-state index contributed by atoms with van der Waals surface area (Å²) >= 11 is 0. The molecule has 5 heteroatoms. The van der Waals surface area contributed by atoms with Crippen molar-refractivity contribution in [1.29, 1.82) is 0 Å². The number of aromatic hydroxyl groups is 2. The molecule has 0 aliphatic carbocycles.